The average molecular weight is 415 g/mol. The van der Waals surface area contributed by atoms with E-state index in [-0.39, 0.29) is 10.6 Å². The minimum atomic E-state index is -3.52. The van der Waals surface area contributed by atoms with Gasteiger partial charge < -0.3 is 5.32 Å². The molecule has 2 aromatic rings. The van der Waals surface area contributed by atoms with Crippen molar-refractivity contribution in [2.24, 2.45) is 0 Å². The van der Waals surface area contributed by atoms with Crippen molar-refractivity contribution in [1.82, 2.24) is 4.31 Å². The number of nitro benzene ring substituents is 1. The number of para-hydroxylation sites is 1. The highest BCUT2D eigenvalue weighted by Crippen LogP contribution is 2.22. The Kier molecular flexibility index (Phi) is 6.40. The van der Waals surface area contributed by atoms with Gasteiger partial charge in [-0.3, -0.25) is 14.9 Å². The molecule has 0 aromatic heterocycles. The molecule has 152 valence electrons. The topological polar surface area (TPSA) is 110 Å². The third kappa shape index (κ3) is 5.07. The highest BCUT2D eigenvalue weighted by molar-refractivity contribution is 7.89. The van der Waals surface area contributed by atoms with E-state index in [4.69, 9.17) is 0 Å². The van der Waals surface area contributed by atoms with E-state index < -0.39 is 20.9 Å². The number of sulfonamides is 1. The second-order valence-corrected chi connectivity index (χ2v) is 8.57. The fraction of sp³-hybridized carbons (Fsp3) is 0.250. The maximum atomic E-state index is 12.6. The lowest BCUT2D eigenvalue weighted by Crippen LogP contribution is -2.35. The predicted molar refractivity (Wildman–Crippen MR) is 110 cm³/mol. The Morgan fingerprint density at radius 2 is 1.69 bits per heavy atom. The Morgan fingerprint density at radius 1 is 1.03 bits per heavy atom. The molecular weight excluding hydrogens is 394 g/mol. The van der Waals surface area contributed by atoms with Gasteiger partial charge >= 0.3 is 0 Å². The Bertz CT molecular complexity index is 1030. The summed E-state index contributed by atoms with van der Waals surface area (Å²) in [7, 11) is -3.52. The molecule has 1 fully saturated rings. The minimum absolute atomic E-state index is 0.0937. The minimum Gasteiger partial charge on any atom is -0.323 e. The lowest BCUT2D eigenvalue weighted by molar-refractivity contribution is -0.385. The molecule has 0 radical (unpaired) electrons. The summed E-state index contributed by atoms with van der Waals surface area (Å²) in [6.07, 6.45) is 5.32. The number of nitrogens with zero attached hydrogens (tertiary/aromatic N) is 2. The number of anilines is 1. The molecule has 0 saturated carbocycles. The SMILES string of the molecule is O=C(/C=C/c1ccccc1[N+](=O)[O-])Nc1ccc(S(=O)(=O)N2CCCCC2)cc1. The number of rotatable bonds is 6. The van der Waals surface area contributed by atoms with Crippen LogP contribution in [0, 0.1) is 10.1 Å². The summed E-state index contributed by atoms with van der Waals surface area (Å²) >= 11 is 0. The van der Waals surface area contributed by atoms with E-state index in [2.05, 4.69) is 5.32 Å². The van der Waals surface area contributed by atoms with Gasteiger partial charge in [-0.1, -0.05) is 18.6 Å². The summed E-state index contributed by atoms with van der Waals surface area (Å²) in [5.41, 5.74) is 0.652. The number of carbonyl (C=O) groups is 1. The third-order valence-electron chi connectivity index (χ3n) is 4.62. The zero-order chi connectivity index (χ0) is 20.9. The average Bonchev–Trinajstić information content (AvgIpc) is 2.73. The lowest BCUT2D eigenvalue weighted by atomic mass is 10.1. The van der Waals surface area contributed by atoms with E-state index in [0.717, 1.165) is 19.3 Å². The summed E-state index contributed by atoms with van der Waals surface area (Å²) in [6, 6.07) is 12.1. The summed E-state index contributed by atoms with van der Waals surface area (Å²) in [5.74, 6) is -0.477. The van der Waals surface area contributed by atoms with Crippen molar-refractivity contribution in [3.05, 3.63) is 70.3 Å². The second-order valence-electron chi connectivity index (χ2n) is 6.63. The number of nitrogens with one attached hydrogen (secondary N) is 1. The van der Waals surface area contributed by atoms with Crippen LogP contribution in [0.15, 0.2) is 59.5 Å². The van der Waals surface area contributed by atoms with Gasteiger partial charge in [0.2, 0.25) is 15.9 Å². The normalized spacial score (nSPS) is 15.3. The molecule has 1 N–H and O–H groups in total. The number of hydrogen-bond donors (Lipinski definition) is 1. The molecule has 1 saturated heterocycles. The molecule has 0 bridgehead atoms. The molecule has 1 aliphatic rings. The van der Waals surface area contributed by atoms with Crippen LogP contribution in [0.2, 0.25) is 0 Å². The first-order valence-electron chi connectivity index (χ1n) is 9.20. The van der Waals surface area contributed by atoms with Gasteiger partial charge in [-0.25, -0.2) is 8.42 Å². The molecule has 1 aliphatic heterocycles. The van der Waals surface area contributed by atoms with Crippen molar-refractivity contribution in [2.75, 3.05) is 18.4 Å². The summed E-state index contributed by atoms with van der Waals surface area (Å²) in [4.78, 5) is 22.8. The number of hydrogen-bond acceptors (Lipinski definition) is 5. The van der Waals surface area contributed by atoms with Crippen molar-refractivity contribution >= 4 is 33.4 Å². The number of carbonyl (C=O) groups excluding carboxylic acids is 1. The fourth-order valence-electron chi connectivity index (χ4n) is 3.11. The van der Waals surface area contributed by atoms with Crippen molar-refractivity contribution < 1.29 is 18.1 Å². The first-order valence-corrected chi connectivity index (χ1v) is 10.6. The molecule has 0 spiro atoms. The summed E-state index contributed by atoms with van der Waals surface area (Å²) in [5, 5.41) is 13.6. The van der Waals surface area contributed by atoms with Gasteiger partial charge in [0.1, 0.15) is 0 Å². The van der Waals surface area contributed by atoms with Crippen LogP contribution in [0.1, 0.15) is 24.8 Å². The quantitative estimate of drug-likeness (QED) is 0.442. The Labute approximate surface area is 169 Å². The summed E-state index contributed by atoms with van der Waals surface area (Å²) in [6.45, 7) is 1.05. The van der Waals surface area contributed by atoms with E-state index in [1.807, 2.05) is 0 Å². The molecule has 8 nitrogen and oxygen atoms in total. The van der Waals surface area contributed by atoms with Gasteiger partial charge in [-0.2, -0.15) is 4.31 Å². The van der Waals surface area contributed by atoms with Crippen LogP contribution >= 0.6 is 0 Å². The van der Waals surface area contributed by atoms with E-state index in [1.165, 1.54) is 46.8 Å². The molecule has 29 heavy (non-hydrogen) atoms. The maximum absolute atomic E-state index is 12.6. The molecule has 0 unspecified atom stereocenters. The molecule has 1 heterocycles. The standard InChI is InChI=1S/C20H21N3O5S/c24-20(13-8-16-6-2-3-7-19(16)23(25)26)21-17-9-11-18(12-10-17)29(27,28)22-14-4-1-5-15-22/h2-3,6-13H,1,4-5,14-15H2,(H,21,24)/b13-8+. The van der Waals surface area contributed by atoms with Crippen molar-refractivity contribution in [1.29, 1.82) is 0 Å². The van der Waals surface area contributed by atoms with E-state index in [9.17, 15) is 23.3 Å². The van der Waals surface area contributed by atoms with E-state index >= 15 is 0 Å². The van der Waals surface area contributed by atoms with Crippen LogP contribution in [0.3, 0.4) is 0 Å². The van der Waals surface area contributed by atoms with Gasteiger partial charge in [0.05, 0.1) is 15.4 Å². The van der Waals surface area contributed by atoms with E-state index in [1.54, 1.807) is 18.2 Å². The molecule has 3 rings (SSSR count). The van der Waals surface area contributed by atoms with Crippen molar-refractivity contribution in [3.63, 3.8) is 0 Å². The molecule has 0 aliphatic carbocycles. The fourth-order valence-corrected chi connectivity index (χ4v) is 4.63. The van der Waals surface area contributed by atoms with Crippen LogP contribution in [-0.4, -0.2) is 36.6 Å². The third-order valence-corrected chi connectivity index (χ3v) is 6.54. The molecule has 9 heteroatoms. The highest BCUT2D eigenvalue weighted by atomic mass is 32.2. The molecular formula is C20H21N3O5S. The first-order chi connectivity index (χ1) is 13.9. The maximum Gasteiger partial charge on any atom is 0.276 e. The first kappa shape index (κ1) is 20.7. The van der Waals surface area contributed by atoms with E-state index in [0.29, 0.717) is 24.3 Å². The Hall–Kier alpha value is -3.04. The largest absolute Gasteiger partial charge is 0.323 e. The summed E-state index contributed by atoms with van der Waals surface area (Å²) < 4.78 is 26.8. The number of nitro groups is 1. The Morgan fingerprint density at radius 3 is 2.34 bits per heavy atom. The monoisotopic (exact) mass is 415 g/mol. The van der Waals surface area contributed by atoms with Gasteiger partial charge in [0.15, 0.2) is 0 Å². The van der Waals surface area contributed by atoms with Gasteiger partial charge in [0.25, 0.3) is 5.69 Å². The van der Waals surface area contributed by atoms with Crippen LogP contribution in [0.4, 0.5) is 11.4 Å². The van der Waals surface area contributed by atoms with Crippen LogP contribution in [0.5, 0.6) is 0 Å². The van der Waals surface area contributed by atoms with Crippen molar-refractivity contribution in [2.45, 2.75) is 24.2 Å². The second kappa shape index (κ2) is 8.97. The van der Waals surface area contributed by atoms with Crippen LogP contribution < -0.4 is 5.32 Å². The molecule has 1 amide bonds. The molecule has 2 aromatic carbocycles. The lowest BCUT2D eigenvalue weighted by Gasteiger charge is -2.25. The zero-order valence-corrected chi connectivity index (χ0v) is 16.5. The number of benzene rings is 2. The van der Waals surface area contributed by atoms with Gasteiger partial charge in [-0.15, -0.1) is 0 Å². The predicted octanol–water partition coefficient (Wildman–Crippen LogP) is 3.42. The highest BCUT2D eigenvalue weighted by Gasteiger charge is 2.25. The molecule has 0 atom stereocenters. The van der Waals surface area contributed by atoms with Gasteiger partial charge in [0, 0.05) is 30.9 Å². The zero-order valence-electron chi connectivity index (χ0n) is 15.7. The Balaban J connectivity index is 1.67. The smallest absolute Gasteiger partial charge is 0.276 e. The van der Waals surface area contributed by atoms with Crippen molar-refractivity contribution in [3.8, 4) is 0 Å². The number of amides is 1. The van der Waals surface area contributed by atoms with Gasteiger partial charge in [-0.05, 0) is 49.2 Å². The number of piperidine rings is 1. The van der Waals surface area contributed by atoms with Crippen LogP contribution in [-0.2, 0) is 14.8 Å². The van der Waals surface area contributed by atoms with Crippen LogP contribution in [0.25, 0.3) is 6.08 Å².